The molecule has 106 valence electrons. The number of ether oxygens (including phenoxy) is 1. The SMILES string of the molecule is CCCc1ccc(Oc2ccc(CNCC)cc2)cc1. The molecule has 20 heavy (non-hydrogen) atoms. The summed E-state index contributed by atoms with van der Waals surface area (Å²) < 4.78 is 5.85. The van der Waals surface area contributed by atoms with Gasteiger partial charge in [-0.2, -0.15) is 0 Å². The van der Waals surface area contributed by atoms with E-state index in [0.29, 0.717) is 0 Å². The van der Waals surface area contributed by atoms with Gasteiger partial charge in [0.2, 0.25) is 0 Å². The van der Waals surface area contributed by atoms with Gasteiger partial charge in [-0.25, -0.2) is 0 Å². The van der Waals surface area contributed by atoms with Gasteiger partial charge in [0, 0.05) is 6.54 Å². The molecule has 2 nitrogen and oxygen atoms in total. The van der Waals surface area contributed by atoms with E-state index in [9.17, 15) is 0 Å². The molecular weight excluding hydrogens is 246 g/mol. The van der Waals surface area contributed by atoms with E-state index in [1.54, 1.807) is 0 Å². The maximum Gasteiger partial charge on any atom is 0.127 e. The van der Waals surface area contributed by atoms with Crippen LogP contribution in [0.15, 0.2) is 48.5 Å². The van der Waals surface area contributed by atoms with Gasteiger partial charge in [0.1, 0.15) is 11.5 Å². The van der Waals surface area contributed by atoms with Crippen LogP contribution in [0.2, 0.25) is 0 Å². The second-order valence-electron chi connectivity index (χ2n) is 4.92. The molecule has 2 heteroatoms. The minimum Gasteiger partial charge on any atom is -0.457 e. The molecule has 0 bridgehead atoms. The molecule has 0 saturated carbocycles. The molecule has 2 aromatic carbocycles. The van der Waals surface area contributed by atoms with Gasteiger partial charge in [-0.3, -0.25) is 0 Å². The molecule has 0 aliphatic carbocycles. The number of nitrogens with one attached hydrogen (secondary N) is 1. The molecule has 0 aliphatic heterocycles. The summed E-state index contributed by atoms with van der Waals surface area (Å²) in [6.07, 6.45) is 2.30. The highest BCUT2D eigenvalue weighted by Gasteiger charge is 1.99. The Labute approximate surface area is 121 Å². The Kier molecular flexibility index (Phi) is 5.63. The molecule has 1 N–H and O–H groups in total. The Bertz CT molecular complexity index is 502. The molecule has 0 saturated heterocycles. The number of aryl methyl sites for hydroxylation is 1. The summed E-state index contributed by atoms with van der Waals surface area (Å²) >= 11 is 0. The van der Waals surface area contributed by atoms with Gasteiger partial charge >= 0.3 is 0 Å². The minimum atomic E-state index is 0.883. The normalized spacial score (nSPS) is 10.5. The number of hydrogen-bond acceptors (Lipinski definition) is 2. The Morgan fingerprint density at radius 1 is 0.800 bits per heavy atom. The highest BCUT2D eigenvalue weighted by molar-refractivity contribution is 5.34. The average Bonchev–Trinajstić information content (AvgIpc) is 2.49. The van der Waals surface area contributed by atoms with Crippen molar-refractivity contribution in [2.75, 3.05) is 6.54 Å². The molecule has 0 unspecified atom stereocenters. The van der Waals surface area contributed by atoms with Crippen LogP contribution in [-0.4, -0.2) is 6.54 Å². The van der Waals surface area contributed by atoms with E-state index in [2.05, 4.69) is 43.4 Å². The molecular formula is C18H23NO. The van der Waals surface area contributed by atoms with Crippen molar-refractivity contribution in [3.63, 3.8) is 0 Å². The standard InChI is InChI=1S/C18H23NO/c1-3-5-15-6-10-17(11-7-15)20-18-12-8-16(9-13-18)14-19-4-2/h6-13,19H,3-5,14H2,1-2H3. The summed E-state index contributed by atoms with van der Waals surface area (Å²) in [6.45, 7) is 6.20. The second kappa shape index (κ2) is 7.71. The smallest absolute Gasteiger partial charge is 0.127 e. The third-order valence-corrected chi connectivity index (χ3v) is 3.20. The van der Waals surface area contributed by atoms with E-state index in [1.807, 2.05) is 24.3 Å². The number of rotatable bonds is 7. The molecule has 2 rings (SSSR count). The summed E-state index contributed by atoms with van der Waals surface area (Å²) in [5, 5.41) is 3.31. The van der Waals surface area contributed by atoms with Gasteiger partial charge in [0.05, 0.1) is 0 Å². The van der Waals surface area contributed by atoms with Crippen molar-refractivity contribution < 1.29 is 4.74 Å². The Hall–Kier alpha value is -1.80. The van der Waals surface area contributed by atoms with Gasteiger partial charge in [0.25, 0.3) is 0 Å². The summed E-state index contributed by atoms with van der Waals surface area (Å²) in [5.41, 5.74) is 2.64. The largest absolute Gasteiger partial charge is 0.457 e. The topological polar surface area (TPSA) is 21.3 Å². The van der Waals surface area contributed by atoms with Crippen LogP contribution in [0, 0.1) is 0 Å². The van der Waals surface area contributed by atoms with Crippen LogP contribution in [0.4, 0.5) is 0 Å². The van der Waals surface area contributed by atoms with Gasteiger partial charge in [-0.05, 0) is 48.4 Å². The first kappa shape index (κ1) is 14.6. The minimum absolute atomic E-state index is 0.883. The van der Waals surface area contributed by atoms with Gasteiger partial charge in [0.15, 0.2) is 0 Å². The predicted molar refractivity (Wildman–Crippen MR) is 84.3 cm³/mol. The van der Waals surface area contributed by atoms with E-state index in [1.165, 1.54) is 17.5 Å². The molecule has 0 aliphatic rings. The summed E-state index contributed by atoms with van der Waals surface area (Å²) in [4.78, 5) is 0. The van der Waals surface area contributed by atoms with E-state index in [0.717, 1.165) is 31.0 Å². The molecule has 0 spiro atoms. The van der Waals surface area contributed by atoms with E-state index in [4.69, 9.17) is 4.74 Å². The number of hydrogen-bond donors (Lipinski definition) is 1. The van der Waals surface area contributed by atoms with Gasteiger partial charge in [-0.15, -0.1) is 0 Å². The van der Waals surface area contributed by atoms with Crippen molar-refractivity contribution in [3.8, 4) is 11.5 Å². The highest BCUT2D eigenvalue weighted by Crippen LogP contribution is 2.22. The lowest BCUT2D eigenvalue weighted by molar-refractivity contribution is 0.482. The third kappa shape index (κ3) is 4.39. The first-order valence-corrected chi connectivity index (χ1v) is 7.38. The second-order valence-corrected chi connectivity index (χ2v) is 4.92. The van der Waals surface area contributed by atoms with Gasteiger partial charge < -0.3 is 10.1 Å². The lowest BCUT2D eigenvalue weighted by Gasteiger charge is -2.08. The molecule has 0 radical (unpaired) electrons. The van der Waals surface area contributed by atoms with Crippen molar-refractivity contribution in [1.29, 1.82) is 0 Å². The highest BCUT2D eigenvalue weighted by atomic mass is 16.5. The quantitative estimate of drug-likeness (QED) is 0.796. The van der Waals surface area contributed by atoms with Crippen LogP contribution in [-0.2, 0) is 13.0 Å². The van der Waals surface area contributed by atoms with Crippen LogP contribution in [0.5, 0.6) is 11.5 Å². The zero-order valence-corrected chi connectivity index (χ0v) is 12.4. The van der Waals surface area contributed by atoms with Crippen molar-refractivity contribution in [1.82, 2.24) is 5.32 Å². The van der Waals surface area contributed by atoms with Crippen LogP contribution in [0.3, 0.4) is 0 Å². The molecule has 0 heterocycles. The maximum atomic E-state index is 5.85. The number of benzene rings is 2. The maximum absolute atomic E-state index is 5.85. The fraction of sp³-hybridized carbons (Fsp3) is 0.333. The van der Waals surface area contributed by atoms with Crippen molar-refractivity contribution >= 4 is 0 Å². The zero-order valence-electron chi connectivity index (χ0n) is 12.4. The van der Waals surface area contributed by atoms with Crippen LogP contribution in [0.25, 0.3) is 0 Å². The average molecular weight is 269 g/mol. The van der Waals surface area contributed by atoms with Gasteiger partial charge in [-0.1, -0.05) is 44.5 Å². The Balaban J connectivity index is 1.95. The molecule has 0 aromatic heterocycles. The lowest BCUT2D eigenvalue weighted by atomic mass is 10.1. The first-order chi connectivity index (χ1) is 9.81. The summed E-state index contributed by atoms with van der Waals surface area (Å²) in [6, 6.07) is 16.6. The molecule has 0 fully saturated rings. The Morgan fingerprint density at radius 3 is 1.85 bits per heavy atom. The third-order valence-electron chi connectivity index (χ3n) is 3.20. The van der Waals surface area contributed by atoms with Crippen molar-refractivity contribution in [3.05, 3.63) is 59.7 Å². The predicted octanol–water partition coefficient (Wildman–Crippen LogP) is 4.54. The first-order valence-electron chi connectivity index (χ1n) is 7.38. The van der Waals surface area contributed by atoms with Crippen LogP contribution >= 0.6 is 0 Å². The van der Waals surface area contributed by atoms with E-state index in [-0.39, 0.29) is 0 Å². The van der Waals surface area contributed by atoms with Crippen LogP contribution in [0.1, 0.15) is 31.4 Å². The molecule has 0 atom stereocenters. The van der Waals surface area contributed by atoms with Crippen molar-refractivity contribution in [2.24, 2.45) is 0 Å². The monoisotopic (exact) mass is 269 g/mol. The van der Waals surface area contributed by atoms with E-state index >= 15 is 0 Å². The lowest BCUT2D eigenvalue weighted by Crippen LogP contribution is -2.11. The summed E-state index contributed by atoms with van der Waals surface area (Å²) in [5.74, 6) is 1.78. The van der Waals surface area contributed by atoms with Crippen LogP contribution < -0.4 is 10.1 Å². The van der Waals surface area contributed by atoms with E-state index < -0.39 is 0 Å². The summed E-state index contributed by atoms with van der Waals surface area (Å²) in [7, 11) is 0. The van der Waals surface area contributed by atoms with Crippen molar-refractivity contribution in [2.45, 2.75) is 33.2 Å². The zero-order chi connectivity index (χ0) is 14.2. The molecule has 2 aromatic rings. The molecule has 0 amide bonds. The fourth-order valence-electron chi connectivity index (χ4n) is 2.09. The fourth-order valence-corrected chi connectivity index (χ4v) is 2.09. The Morgan fingerprint density at radius 2 is 1.35 bits per heavy atom.